The third-order valence-electron chi connectivity index (χ3n) is 4.90. The van der Waals surface area contributed by atoms with Crippen LogP contribution in [-0.4, -0.2) is 52.8 Å². The Hall–Kier alpha value is -2.30. The van der Waals surface area contributed by atoms with E-state index in [2.05, 4.69) is 25.8 Å². The van der Waals surface area contributed by atoms with Crippen LogP contribution >= 0.6 is 0 Å². The predicted molar refractivity (Wildman–Crippen MR) is 104 cm³/mol. The fraction of sp³-hybridized carbons (Fsp3) is 0.524. The number of benzene rings is 1. The molecule has 2 aromatic rings. The first kappa shape index (κ1) is 18.5. The van der Waals surface area contributed by atoms with Gasteiger partial charge in [-0.3, -0.25) is 9.59 Å². The molecule has 0 unspecified atom stereocenters. The van der Waals surface area contributed by atoms with E-state index in [1.54, 1.807) is 0 Å². The zero-order chi connectivity index (χ0) is 18.7. The van der Waals surface area contributed by atoms with Gasteiger partial charge in [0.15, 0.2) is 0 Å². The van der Waals surface area contributed by atoms with Gasteiger partial charge in [0.1, 0.15) is 0 Å². The van der Waals surface area contributed by atoms with Gasteiger partial charge in [-0.1, -0.05) is 39.0 Å². The number of hydrogen-bond acceptors (Lipinski definition) is 2. The normalized spacial score (nSPS) is 16.0. The summed E-state index contributed by atoms with van der Waals surface area (Å²) in [6.45, 7) is 8.97. The van der Waals surface area contributed by atoms with E-state index in [-0.39, 0.29) is 17.2 Å². The van der Waals surface area contributed by atoms with E-state index in [4.69, 9.17) is 0 Å². The lowest BCUT2D eigenvalue weighted by molar-refractivity contribution is -0.134. The van der Waals surface area contributed by atoms with Gasteiger partial charge in [-0.15, -0.1) is 0 Å². The number of carbonyl (C=O) groups is 2. The van der Waals surface area contributed by atoms with E-state index in [9.17, 15) is 9.59 Å². The molecule has 0 radical (unpaired) electrons. The molecule has 1 aromatic carbocycles. The average Bonchev–Trinajstić information content (AvgIpc) is 2.81. The Kier molecular flexibility index (Phi) is 5.35. The van der Waals surface area contributed by atoms with Crippen molar-refractivity contribution in [3.8, 4) is 0 Å². The van der Waals surface area contributed by atoms with Crippen molar-refractivity contribution in [2.75, 3.05) is 26.2 Å². The molecule has 3 rings (SSSR count). The van der Waals surface area contributed by atoms with Crippen molar-refractivity contribution in [3.63, 3.8) is 0 Å². The lowest BCUT2D eigenvalue weighted by atomic mass is 9.91. The molecule has 2 heterocycles. The van der Waals surface area contributed by atoms with Gasteiger partial charge in [-0.2, -0.15) is 0 Å². The lowest BCUT2D eigenvalue weighted by Crippen LogP contribution is -2.38. The summed E-state index contributed by atoms with van der Waals surface area (Å²) >= 11 is 0. The Balaban J connectivity index is 1.60. The van der Waals surface area contributed by atoms with Crippen molar-refractivity contribution in [1.82, 2.24) is 14.8 Å². The summed E-state index contributed by atoms with van der Waals surface area (Å²) in [4.78, 5) is 32.3. The van der Waals surface area contributed by atoms with E-state index < -0.39 is 0 Å². The second kappa shape index (κ2) is 7.52. The van der Waals surface area contributed by atoms with Crippen molar-refractivity contribution in [2.24, 2.45) is 5.41 Å². The van der Waals surface area contributed by atoms with Crippen LogP contribution in [0.2, 0.25) is 0 Å². The number of aromatic nitrogens is 1. The molecule has 26 heavy (non-hydrogen) atoms. The molecule has 0 spiro atoms. The summed E-state index contributed by atoms with van der Waals surface area (Å²) in [7, 11) is 0. The van der Waals surface area contributed by atoms with Gasteiger partial charge >= 0.3 is 0 Å². The molecule has 1 aliphatic rings. The van der Waals surface area contributed by atoms with Gasteiger partial charge in [0.05, 0.1) is 6.42 Å². The van der Waals surface area contributed by atoms with Gasteiger partial charge in [0, 0.05) is 49.7 Å². The fourth-order valence-corrected chi connectivity index (χ4v) is 3.53. The number of rotatable bonds is 3. The summed E-state index contributed by atoms with van der Waals surface area (Å²) < 4.78 is 0. The smallest absolute Gasteiger partial charge is 0.227 e. The molecule has 140 valence electrons. The highest BCUT2D eigenvalue weighted by Crippen LogP contribution is 2.21. The van der Waals surface area contributed by atoms with Crippen LogP contribution in [-0.2, 0) is 16.0 Å². The van der Waals surface area contributed by atoms with Crippen LogP contribution < -0.4 is 0 Å². The van der Waals surface area contributed by atoms with Gasteiger partial charge in [0.25, 0.3) is 0 Å². The van der Waals surface area contributed by atoms with Crippen LogP contribution in [0.3, 0.4) is 0 Å². The van der Waals surface area contributed by atoms with E-state index >= 15 is 0 Å². The highest BCUT2D eigenvalue weighted by atomic mass is 16.2. The molecule has 5 heteroatoms. The van der Waals surface area contributed by atoms with Crippen LogP contribution in [0.1, 0.15) is 39.2 Å². The fourth-order valence-electron chi connectivity index (χ4n) is 3.53. The summed E-state index contributed by atoms with van der Waals surface area (Å²) in [5, 5.41) is 1.11. The van der Waals surface area contributed by atoms with Crippen LogP contribution in [0, 0.1) is 5.41 Å². The highest BCUT2D eigenvalue weighted by molar-refractivity contribution is 5.89. The number of para-hydroxylation sites is 1. The molecule has 1 aromatic heterocycles. The Morgan fingerprint density at radius 3 is 2.35 bits per heavy atom. The molecule has 1 aliphatic heterocycles. The minimum absolute atomic E-state index is 0.00572. The number of H-pyrrole nitrogens is 1. The van der Waals surface area contributed by atoms with E-state index in [0.717, 1.165) is 36.0 Å². The summed E-state index contributed by atoms with van der Waals surface area (Å²) in [5.41, 5.74) is 2.09. The molecule has 1 saturated heterocycles. The van der Waals surface area contributed by atoms with Crippen molar-refractivity contribution in [3.05, 3.63) is 36.0 Å². The third-order valence-corrected chi connectivity index (χ3v) is 4.90. The number of amides is 2. The SMILES string of the molecule is CC(C)(C)CC(=O)N1CCCN(C(=O)Cc2c[nH]c3ccccc23)CC1. The van der Waals surface area contributed by atoms with Crippen LogP contribution in [0.5, 0.6) is 0 Å². The summed E-state index contributed by atoms with van der Waals surface area (Å²) in [6.07, 6.45) is 3.73. The number of nitrogens with zero attached hydrogens (tertiary/aromatic N) is 2. The first-order chi connectivity index (χ1) is 12.3. The molecule has 0 bridgehead atoms. The molecule has 2 amide bonds. The molecular formula is C21H29N3O2. The van der Waals surface area contributed by atoms with E-state index in [1.165, 1.54) is 0 Å². The Morgan fingerprint density at radius 2 is 1.65 bits per heavy atom. The van der Waals surface area contributed by atoms with E-state index in [1.807, 2.05) is 40.3 Å². The minimum atomic E-state index is -0.00572. The Morgan fingerprint density at radius 1 is 1.00 bits per heavy atom. The van der Waals surface area contributed by atoms with Crippen LogP contribution in [0.15, 0.2) is 30.5 Å². The quantitative estimate of drug-likeness (QED) is 0.919. The minimum Gasteiger partial charge on any atom is -0.361 e. The van der Waals surface area contributed by atoms with Crippen molar-refractivity contribution in [1.29, 1.82) is 0 Å². The molecular weight excluding hydrogens is 326 g/mol. The molecule has 0 aliphatic carbocycles. The van der Waals surface area contributed by atoms with Crippen molar-refractivity contribution < 1.29 is 9.59 Å². The maximum atomic E-state index is 12.8. The molecule has 5 nitrogen and oxygen atoms in total. The van der Waals surface area contributed by atoms with E-state index in [0.29, 0.717) is 25.9 Å². The zero-order valence-electron chi connectivity index (χ0n) is 16.0. The first-order valence-electron chi connectivity index (χ1n) is 9.44. The zero-order valence-corrected chi connectivity index (χ0v) is 16.0. The second-order valence-electron chi connectivity index (χ2n) is 8.39. The van der Waals surface area contributed by atoms with Gasteiger partial charge in [-0.25, -0.2) is 0 Å². The molecule has 1 fully saturated rings. The number of aromatic amines is 1. The van der Waals surface area contributed by atoms with Crippen molar-refractivity contribution >= 4 is 22.7 Å². The Labute approximate surface area is 155 Å². The number of carbonyl (C=O) groups excluding carboxylic acids is 2. The highest BCUT2D eigenvalue weighted by Gasteiger charge is 2.25. The Bertz CT molecular complexity index is 788. The monoisotopic (exact) mass is 355 g/mol. The lowest BCUT2D eigenvalue weighted by Gasteiger charge is -2.25. The maximum Gasteiger partial charge on any atom is 0.227 e. The summed E-state index contributed by atoms with van der Waals surface area (Å²) in [6, 6.07) is 8.05. The standard InChI is InChI=1S/C21H29N3O2/c1-21(2,3)14-20(26)24-10-6-9-23(11-12-24)19(25)13-16-15-22-18-8-5-4-7-17(16)18/h4-5,7-8,15,22H,6,9-14H2,1-3H3. The number of hydrogen-bond donors (Lipinski definition) is 1. The number of fused-ring (bicyclic) bond motifs is 1. The van der Waals surface area contributed by atoms with Gasteiger partial charge < -0.3 is 14.8 Å². The predicted octanol–water partition coefficient (Wildman–Crippen LogP) is 3.21. The molecule has 1 N–H and O–H groups in total. The average molecular weight is 355 g/mol. The number of nitrogens with one attached hydrogen (secondary N) is 1. The second-order valence-corrected chi connectivity index (χ2v) is 8.39. The van der Waals surface area contributed by atoms with Gasteiger partial charge in [-0.05, 0) is 23.5 Å². The maximum absolute atomic E-state index is 12.8. The van der Waals surface area contributed by atoms with Gasteiger partial charge in [0.2, 0.25) is 11.8 Å². The largest absolute Gasteiger partial charge is 0.361 e. The third kappa shape index (κ3) is 4.45. The molecule has 0 atom stereocenters. The first-order valence-corrected chi connectivity index (χ1v) is 9.44. The molecule has 0 saturated carbocycles. The van der Waals surface area contributed by atoms with Crippen LogP contribution in [0.4, 0.5) is 0 Å². The topological polar surface area (TPSA) is 56.4 Å². The summed E-state index contributed by atoms with van der Waals surface area (Å²) in [5.74, 6) is 0.336. The van der Waals surface area contributed by atoms with Crippen LogP contribution in [0.25, 0.3) is 10.9 Å². The van der Waals surface area contributed by atoms with Crippen molar-refractivity contribution in [2.45, 2.75) is 40.0 Å².